The first kappa shape index (κ1) is 12.2. The van der Waals surface area contributed by atoms with Crippen molar-refractivity contribution in [3.05, 3.63) is 59.9 Å². The number of likely N-dealkylation sites (N-methyl/N-ethyl adjacent to an activating group) is 1. The Morgan fingerprint density at radius 2 is 2.00 bits per heavy atom. The Labute approximate surface area is 114 Å². The maximum Gasteiger partial charge on any atom is 0.0409 e. The number of para-hydroxylation sites is 1. The lowest BCUT2D eigenvalue weighted by molar-refractivity contribution is 0.269. The van der Waals surface area contributed by atoms with Gasteiger partial charge < -0.3 is 4.90 Å². The molecule has 2 heterocycles. The van der Waals surface area contributed by atoms with Gasteiger partial charge in [-0.05, 0) is 23.3 Å². The SMILES string of the molecule is CN1CCN(Cc2cccnc2)Cc2ccccc21. The Kier molecular flexibility index (Phi) is 3.47. The second kappa shape index (κ2) is 5.41. The molecule has 3 heteroatoms. The minimum Gasteiger partial charge on any atom is -0.373 e. The lowest BCUT2D eigenvalue weighted by atomic mass is 10.1. The summed E-state index contributed by atoms with van der Waals surface area (Å²) in [5, 5.41) is 0. The number of nitrogens with zero attached hydrogens (tertiary/aromatic N) is 3. The Bertz CT molecular complexity index is 539. The predicted octanol–water partition coefficient (Wildman–Crippen LogP) is 2.53. The highest BCUT2D eigenvalue weighted by molar-refractivity contribution is 5.53. The van der Waals surface area contributed by atoms with E-state index in [1.807, 2.05) is 18.5 Å². The van der Waals surface area contributed by atoms with Gasteiger partial charge in [-0.25, -0.2) is 0 Å². The number of hydrogen-bond donors (Lipinski definition) is 0. The van der Waals surface area contributed by atoms with Crippen LogP contribution in [0.2, 0.25) is 0 Å². The van der Waals surface area contributed by atoms with E-state index in [1.54, 1.807) is 0 Å². The summed E-state index contributed by atoms with van der Waals surface area (Å²) in [6, 6.07) is 12.8. The molecule has 0 radical (unpaired) electrons. The van der Waals surface area contributed by atoms with E-state index in [4.69, 9.17) is 0 Å². The van der Waals surface area contributed by atoms with Crippen molar-refractivity contribution in [3.63, 3.8) is 0 Å². The van der Waals surface area contributed by atoms with Gasteiger partial charge in [-0.15, -0.1) is 0 Å². The highest BCUT2D eigenvalue weighted by atomic mass is 15.2. The van der Waals surface area contributed by atoms with Crippen LogP contribution in [-0.2, 0) is 13.1 Å². The molecule has 0 spiro atoms. The molecule has 1 aromatic carbocycles. The molecule has 0 aliphatic carbocycles. The molecule has 98 valence electrons. The number of anilines is 1. The van der Waals surface area contributed by atoms with E-state index in [2.05, 4.69) is 52.2 Å². The molecule has 0 saturated carbocycles. The van der Waals surface area contributed by atoms with Crippen molar-refractivity contribution in [2.75, 3.05) is 25.0 Å². The summed E-state index contributed by atoms with van der Waals surface area (Å²) in [7, 11) is 2.17. The van der Waals surface area contributed by atoms with Gasteiger partial charge in [-0.2, -0.15) is 0 Å². The van der Waals surface area contributed by atoms with Gasteiger partial charge in [0, 0.05) is 51.3 Å². The van der Waals surface area contributed by atoms with Gasteiger partial charge in [-0.1, -0.05) is 24.3 Å². The van der Waals surface area contributed by atoms with Crippen LogP contribution in [0.1, 0.15) is 11.1 Å². The summed E-state index contributed by atoms with van der Waals surface area (Å²) in [6.07, 6.45) is 3.79. The molecule has 0 bridgehead atoms. The number of fused-ring (bicyclic) bond motifs is 1. The van der Waals surface area contributed by atoms with Crippen LogP contribution in [-0.4, -0.2) is 30.0 Å². The van der Waals surface area contributed by atoms with E-state index in [1.165, 1.54) is 16.8 Å². The summed E-state index contributed by atoms with van der Waals surface area (Å²) in [4.78, 5) is 9.03. The fourth-order valence-corrected chi connectivity index (χ4v) is 2.63. The zero-order chi connectivity index (χ0) is 13.1. The second-order valence-electron chi connectivity index (χ2n) is 5.12. The number of aromatic nitrogens is 1. The topological polar surface area (TPSA) is 19.4 Å². The van der Waals surface area contributed by atoms with Gasteiger partial charge in [-0.3, -0.25) is 9.88 Å². The van der Waals surface area contributed by atoms with E-state index in [9.17, 15) is 0 Å². The average molecular weight is 253 g/mol. The number of pyridine rings is 1. The first-order valence-electron chi connectivity index (χ1n) is 6.73. The van der Waals surface area contributed by atoms with Gasteiger partial charge in [0.2, 0.25) is 0 Å². The first-order valence-corrected chi connectivity index (χ1v) is 6.73. The third kappa shape index (κ3) is 2.76. The van der Waals surface area contributed by atoms with Crippen LogP contribution in [0.15, 0.2) is 48.8 Å². The number of rotatable bonds is 2. The molecule has 0 saturated heterocycles. The summed E-state index contributed by atoms with van der Waals surface area (Å²) in [5.74, 6) is 0. The molecular weight excluding hydrogens is 234 g/mol. The van der Waals surface area contributed by atoms with Crippen molar-refractivity contribution < 1.29 is 0 Å². The van der Waals surface area contributed by atoms with Crippen LogP contribution in [0.3, 0.4) is 0 Å². The molecule has 3 rings (SSSR count). The minimum atomic E-state index is 0.968. The van der Waals surface area contributed by atoms with Gasteiger partial charge in [0.05, 0.1) is 0 Å². The summed E-state index contributed by atoms with van der Waals surface area (Å²) >= 11 is 0. The standard InChI is InChI=1S/C16H19N3/c1-18-9-10-19(12-14-5-4-8-17-11-14)13-15-6-2-3-7-16(15)18/h2-8,11H,9-10,12-13H2,1H3. The molecule has 1 aliphatic rings. The molecule has 1 aliphatic heterocycles. The molecule has 3 nitrogen and oxygen atoms in total. The fourth-order valence-electron chi connectivity index (χ4n) is 2.63. The normalized spacial score (nSPS) is 15.9. The zero-order valence-corrected chi connectivity index (χ0v) is 11.3. The first-order chi connectivity index (χ1) is 9.33. The quantitative estimate of drug-likeness (QED) is 0.820. The third-order valence-electron chi connectivity index (χ3n) is 3.68. The largest absolute Gasteiger partial charge is 0.373 e. The average Bonchev–Trinajstić information content (AvgIpc) is 2.60. The summed E-state index contributed by atoms with van der Waals surface area (Å²) in [5.41, 5.74) is 4.05. The molecule has 0 atom stereocenters. The van der Waals surface area contributed by atoms with Crippen molar-refractivity contribution in [1.82, 2.24) is 9.88 Å². The molecule has 1 aromatic heterocycles. The van der Waals surface area contributed by atoms with Crippen molar-refractivity contribution in [2.24, 2.45) is 0 Å². The highest BCUT2D eigenvalue weighted by Crippen LogP contribution is 2.24. The lowest BCUT2D eigenvalue weighted by Gasteiger charge is -2.20. The van der Waals surface area contributed by atoms with Crippen LogP contribution in [0.25, 0.3) is 0 Å². The molecule has 2 aromatic rings. The summed E-state index contributed by atoms with van der Waals surface area (Å²) in [6.45, 7) is 4.13. The minimum absolute atomic E-state index is 0.968. The predicted molar refractivity (Wildman–Crippen MR) is 78.1 cm³/mol. The van der Waals surface area contributed by atoms with Crippen LogP contribution >= 0.6 is 0 Å². The Morgan fingerprint density at radius 1 is 1.11 bits per heavy atom. The fraction of sp³-hybridized carbons (Fsp3) is 0.312. The Hall–Kier alpha value is -1.87. The van der Waals surface area contributed by atoms with E-state index in [0.717, 1.165) is 26.2 Å². The highest BCUT2D eigenvalue weighted by Gasteiger charge is 2.16. The Morgan fingerprint density at radius 3 is 2.84 bits per heavy atom. The molecule has 0 unspecified atom stereocenters. The molecular formula is C16H19N3. The summed E-state index contributed by atoms with van der Waals surface area (Å²) < 4.78 is 0. The Balaban J connectivity index is 1.79. The van der Waals surface area contributed by atoms with Crippen molar-refractivity contribution in [2.45, 2.75) is 13.1 Å². The van der Waals surface area contributed by atoms with E-state index in [0.29, 0.717) is 0 Å². The van der Waals surface area contributed by atoms with Gasteiger partial charge >= 0.3 is 0 Å². The third-order valence-corrected chi connectivity index (χ3v) is 3.68. The van der Waals surface area contributed by atoms with Crippen LogP contribution in [0, 0.1) is 0 Å². The van der Waals surface area contributed by atoms with Crippen molar-refractivity contribution in [3.8, 4) is 0 Å². The second-order valence-corrected chi connectivity index (χ2v) is 5.12. The lowest BCUT2D eigenvalue weighted by Crippen LogP contribution is -2.28. The van der Waals surface area contributed by atoms with Crippen LogP contribution in [0.4, 0.5) is 5.69 Å². The van der Waals surface area contributed by atoms with Crippen molar-refractivity contribution in [1.29, 1.82) is 0 Å². The van der Waals surface area contributed by atoms with Crippen LogP contribution < -0.4 is 4.90 Å². The zero-order valence-electron chi connectivity index (χ0n) is 11.3. The van der Waals surface area contributed by atoms with Gasteiger partial charge in [0.25, 0.3) is 0 Å². The monoisotopic (exact) mass is 253 g/mol. The van der Waals surface area contributed by atoms with E-state index in [-0.39, 0.29) is 0 Å². The van der Waals surface area contributed by atoms with Crippen LogP contribution in [0.5, 0.6) is 0 Å². The smallest absolute Gasteiger partial charge is 0.0409 e. The number of hydrogen-bond acceptors (Lipinski definition) is 3. The van der Waals surface area contributed by atoms with Crippen molar-refractivity contribution >= 4 is 5.69 Å². The van der Waals surface area contributed by atoms with Gasteiger partial charge in [0.15, 0.2) is 0 Å². The molecule has 0 amide bonds. The number of benzene rings is 1. The van der Waals surface area contributed by atoms with Gasteiger partial charge in [0.1, 0.15) is 0 Å². The molecule has 0 fully saturated rings. The maximum absolute atomic E-state index is 4.20. The molecule has 19 heavy (non-hydrogen) atoms. The van der Waals surface area contributed by atoms with E-state index < -0.39 is 0 Å². The maximum atomic E-state index is 4.20. The van der Waals surface area contributed by atoms with E-state index >= 15 is 0 Å². The molecule has 0 N–H and O–H groups in total.